The molecule has 2 rings (SSSR count). The van der Waals surface area contributed by atoms with E-state index in [2.05, 4.69) is 5.16 Å². The van der Waals surface area contributed by atoms with E-state index in [0.717, 1.165) is 16.8 Å². The molecule has 18 heavy (non-hydrogen) atoms. The molecule has 0 aliphatic heterocycles. The van der Waals surface area contributed by atoms with Crippen LogP contribution in [0, 0.1) is 13.8 Å². The normalized spacial score (nSPS) is 12.4. The lowest BCUT2D eigenvalue weighted by Crippen LogP contribution is -2.00. The first-order valence-electron chi connectivity index (χ1n) is 5.90. The van der Waals surface area contributed by atoms with Gasteiger partial charge in [-0.1, -0.05) is 17.3 Å². The minimum atomic E-state index is -0.558. The Morgan fingerprint density at radius 1 is 1.33 bits per heavy atom. The number of aryl methyl sites for hydroxylation is 2. The van der Waals surface area contributed by atoms with Gasteiger partial charge in [0.1, 0.15) is 12.4 Å². The lowest BCUT2D eigenvalue weighted by atomic mass is 10.1. The fourth-order valence-electron chi connectivity index (χ4n) is 1.74. The second kappa shape index (κ2) is 5.23. The Morgan fingerprint density at radius 3 is 2.72 bits per heavy atom. The van der Waals surface area contributed by atoms with E-state index in [-0.39, 0.29) is 0 Å². The number of benzene rings is 1. The van der Waals surface area contributed by atoms with Crippen molar-refractivity contribution < 1.29 is 14.4 Å². The summed E-state index contributed by atoms with van der Waals surface area (Å²) < 4.78 is 10.8. The first kappa shape index (κ1) is 12.6. The highest BCUT2D eigenvalue weighted by Crippen LogP contribution is 2.27. The first-order chi connectivity index (χ1) is 8.56. The van der Waals surface area contributed by atoms with Crippen molar-refractivity contribution in [3.63, 3.8) is 0 Å². The Balaban J connectivity index is 2.15. The van der Waals surface area contributed by atoms with E-state index in [0.29, 0.717) is 18.1 Å². The van der Waals surface area contributed by atoms with E-state index in [1.165, 1.54) is 0 Å². The summed E-state index contributed by atoms with van der Waals surface area (Å²) >= 11 is 0. The summed E-state index contributed by atoms with van der Waals surface area (Å²) in [4.78, 5) is 0. The predicted octanol–water partition coefficient (Wildman–Crippen LogP) is 2.92. The summed E-state index contributed by atoms with van der Waals surface area (Å²) in [5.41, 5.74) is 2.69. The van der Waals surface area contributed by atoms with Crippen LogP contribution in [-0.4, -0.2) is 10.3 Å². The smallest absolute Gasteiger partial charge is 0.174 e. The molecule has 1 aromatic carbocycles. The van der Waals surface area contributed by atoms with Gasteiger partial charge in [0.05, 0.1) is 11.8 Å². The van der Waals surface area contributed by atoms with Gasteiger partial charge in [0.15, 0.2) is 5.76 Å². The molecule has 0 unspecified atom stereocenters. The van der Waals surface area contributed by atoms with Crippen LogP contribution in [0.15, 0.2) is 28.8 Å². The molecule has 2 aromatic rings. The molecular weight excluding hydrogens is 230 g/mol. The monoisotopic (exact) mass is 247 g/mol. The van der Waals surface area contributed by atoms with Crippen molar-refractivity contribution in [3.8, 4) is 5.75 Å². The highest BCUT2D eigenvalue weighted by atomic mass is 16.5. The third-order valence-electron chi connectivity index (χ3n) is 2.67. The molecular formula is C14H17NO3. The quantitative estimate of drug-likeness (QED) is 0.902. The maximum Gasteiger partial charge on any atom is 0.174 e. The zero-order chi connectivity index (χ0) is 13.1. The highest BCUT2D eigenvalue weighted by molar-refractivity contribution is 5.38. The maximum absolute atomic E-state index is 9.68. The molecule has 0 fully saturated rings. The number of hydrogen-bond acceptors (Lipinski definition) is 4. The molecule has 1 atom stereocenters. The van der Waals surface area contributed by atoms with Crippen molar-refractivity contribution in [1.82, 2.24) is 5.16 Å². The molecule has 0 saturated carbocycles. The topological polar surface area (TPSA) is 55.5 Å². The summed E-state index contributed by atoms with van der Waals surface area (Å²) in [7, 11) is 0. The molecule has 4 nitrogen and oxygen atoms in total. The minimum absolute atomic E-state index is 0.310. The predicted molar refractivity (Wildman–Crippen MR) is 67.4 cm³/mol. The molecule has 0 aliphatic carbocycles. The molecule has 96 valence electrons. The third-order valence-corrected chi connectivity index (χ3v) is 2.67. The Kier molecular flexibility index (Phi) is 3.67. The number of ether oxygens (including phenoxy) is 1. The van der Waals surface area contributed by atoms with Crippen LogP contribution in [0.3, 0.4) is 0 Å². The van der Waals surface area contributed by atoms with Crippen LogP contribution in [-0.2, 0) is 6.61 Å². The Labute approximate surface area is 106 Å². The molecule has 4 heteroatoms. The van der Waals surface area contributed by atoms with Gasteiger partial charge in [-0.25, -0.2) is 0 Å². The van der Waals surface area contributed by atoms with Gasteiger partial charge in [-0.2, -0.15) is 0 Å². The number of rotatable bonds is 4. The van der Waals surface area contributed by atoms with Gasteiger partial charge < -0.3 is 14.4 Å². The number of hydrogen-bond donors (Lipinski definition) is 1. The van der Waals surface area contributed by atoms with Crippen molar-refractivity contribution in [2.75, 3.05) is 0 Å². The van der Waals surface area contributed by atoms with Crippen LogP contribution in [0.4, 0.5) is 0 Å². The van der Waals surface area contributed by atoms with Gasteiger partial charge in [0, 0.05) is 11.6 Å². The maximum atomic E-state index is 9.68. The average molecular weight is 247 g/mol. The SMILES string of the molecule is Cc1ccc([C@H](C)O)c(OCc2cc(C)no2)c1. The van der Waals surface area contributed by atoms with Crippen LogP contribution >= 0.6 is 0 Å². The molecule has 0 spiro atoms. The van der Waals surface area contributed by atoms with E-state index in [1.54, 1.807) is 6.92 Å². The Bertz CT molecular complexity index is 532. The largest absolute Gasteiger partial charge is 0.485 e. The van der Waals surface area contributed by atoms with Gasteiger partial charge in [0.25, 0.3) is 0 Å². The summed E-state index contributed by atoms with van der Waals surface area (Å²) in [6, 6.07) is 7.57. The van der Waals surface area contributed by atoms with Crippen LogP contribution in [0.25, 0.3) is 0 Å². The second-order valence-electron chi connectivity index (χ2n) is 4.44. The van der Waals surface area contributed by atoms with Crippen LogP contribution < -0.4 is 4.74 Å². The third kappa shape index (κ3) is 2.90. The van der Waals surface area contributed by atoms with Gasteiger partial charge in [-0.15, -0.1) is 0 Å². The molecule has 1 heterocycles. The van der Waals surface area contributed by atoms with Crippen LogP contribution in [0.1, 0.15) is 35.6 Å². The van der Waals surface area contributed by atoms with Gasteiger partial charge in [-0.05, 0) is 32.4 Å². The van der Waals surface area contributed by atoms with Gasteiger partial charge in [-0.3, -0.25) is 0 Å². The Morgan fingerprint density at radius 2 is 2.11 bits per heavy atom. The molecule has 1 aromatic heterocycles. The van der Waals surface area contributed by atoms with Crippen molar-refractivity contribution in [2.45, 2.75) is 33.5 Å². The lowest BCUT2D eigenvalue weighted by Gasteiger charge is -2.13. The molecule has 0 aliphatic rings. The standard InChI is InChI=1S/C14H17NO3/c1-9-4-5-13(11(3)16)14(6-9)17-8-12-7-10(2)15-18-12/h4-7,11,16H,8H2,1-3H3/t11-/m0/s1. The fourth-order valence-corrected chi connectivity index (χ4v) is 1.74. The average Bonchev–Trinajstić information content (AvgIpc) is 2.72. The molecule has 1 N–H and O–H groups in total. The first-order valence-corrected chi connectivity index (χ1v) is 5.90. The molecule has 0 radical (unpaired) electrons. The number of aromatic nitrogens is 1. The molecule has 0 amide bonds. The summed E-state index contributed by atoms with van der Waals surface area (Å²) in [5.74, 6) is 1.35. The van der Waals surface area contributed by atoms with Crippen LogP contribution in [0.2, 0.25) is 0 Å². The van der Waals surface area contributed by atoms with Gasteiger partial charge >= 0.3 is 0 Å². The second-order valence-corrected chi connectivity index (χ2v) is 4.44. The Hall–Kier alpha value is -1.81. The van der Waals surface area contributed by atoms with Crippen molar-refractivity contribution >= 4 is 0 Å². The minimum Gasteiger partial charge on any atom is -0.485 e. The fraction of sp³-hybridized carbons (Fsp3) is 0.357. The van der Waals surface area contributed by atoms with Crippen molar-refractivity contribution in [3.05, 3.63) is 46.8 Å². The van der Waals surface area contributed by atoms with E-state index >= 15 is 0 Å². The highest BCUT2D eigenvalue weighted by Gasteiger charge is 2.10. The summed E-state index contributed by atoms with van der Waals surface area (Å²) in [5, 5.41) is 13.5. The van der Waals surface area contributed by atoms with E-state index in [1.807, 2.05) is 38.1 Å². The number of nitrogens with zero attached hydrogens (tertiary/aromatic N) is 1. The zero-order valence-corrected chi connectivity index (χ0v) is 10.8. The molecule has 0 bridgehead atoms. The van der Waals surface area contributed by atoms with Gasteiger partial charge in [0.2, 0.25) is 0 Å². The van der Waals surface area contributed by atoms with Crippen molar-refractivity contribution in [2.24, 2.45) is 0 Å². The van der Waals surface area contributed by atoms with Crippen molar-refractivity contribution in [1.29, 1.82) is 0 Å². The van der Waals surface area contributed by atoms with E-state index in [4.69, 9.17) is 9.26 Å². The number of aliphatic hydroxyl groups excluding tert-OH is 1. The van der Waals surface area contributed by atoms with E-state index < -0.39 is 6.10 Å². The number of aliphatic hydroxyl groups is 1. The van der Waals surface area contributed by atoms with E-state index in [9.17, 15) is 5.11 Å². The summed E-state index contributed by atoms with van der Waals surface area (Å²) in [6.45, 7) is 5.87. The lowest BCUT2D eigenvalue weighted by molar-refractivity contribution is 0.186. The zero-order valence-electron chi connectivity index (χ0n) is 10.8. The van der Waals surface area contributed by atoms with Crippen LogP contribution in [0.5, 0.6) is 5.75 Å². The summed E-state index contributed by atoms with van der Waals surface area (Å²) in [6.07, 6.45) is -0.558. The molecule has 0 saturated heterocycles.